The van der Waals surface area contributed by atoms with Crippen molar-refractivity contribution in [3.63, 3.8) is 0 Å². The summed E-state index contributed by atoms with van der Waals surface area (Å²) in [6.07, 6.45) is 1.82. The van der Waals surface area contributed by atoms with Gasteiger partial charge in [0.15, 0.2) is 0 Å². The molecular weight excluding hydrogens is 588 g/mol. The van der Waals surface area contributed by atoms with Crippen molar-refractivity contribution in [2.24, 2.45) is 0 Å². The summed E-state index contributed by atoms with van der Waals surface area (Å²) in [5.74, 6) is 0.861. The summed E-state index contributed by atoms with van der Waals surface area (Å²) in [4.78, 5) is 0. The molecule has 236 valence electrons. The van der Waals surface area contributed by atoms with Crippen LogP contribution in [0.2, 0.25) is 0 Å². The summed E-state index contributed by atoms with van der Waals surface area (Å²) < 4.78 is 0. The molecule has 0 aliphatic carbocycles. The number of aromatic hydroxyl groups is 6. The van der Waals surface area contributed by atoms with Crippen LogP contribution in [0.1, 0.15) is 52.6 Å². The van der Waals surface area contributed by atoms with Crippen molar-refractivity contribution < 1.29 is 30.6 Å². The van der Waals surface area contributed by atoms with Crippen LogP contribution in [-0.4, -0.2) is 30.6 Å². The molecule has 0 aromatic heterocycles. The van der Waals surface area contributed by atoms with Crippen molar-refractivity contribution in [3.05, 3.63) is 179 Å². The first-order valence-corrected chi connectivity index (χ1v) is 15.5. The number of phenolic OH excluding ortho intramolecular Hbond substituents is 6. The van der Waals surface area contributed by atoms with Gasteiger partial charge in [0.25, 0.3) is 0 Å². The lowest BCUT2D eigenvalue weighted by atomic mass is 9.63. The van der Waals surface area contributed by atoms with E-state index in [4.69, 9.17) is 0 Å². The number of hydrogen-bond donors (Lipinski definition) is 6. The molecule has 0 bridgehead atoms. The zero-order valence-corrected chi connectivity index (χ0v) is 25.7. The average Bonchev–Trinajstić information content (AvgIpc) is 3.08. The first kappa shape index (κ1) is 31.1. The largest absolute Gasteiger partial charge is 0.508 e. The van der Waals surface area contributed by atoms with Gasteiger partial charge < -0.3 is 30.6 Å². The summed E-state index contributed by atoms with van der Waals surface area (Å²) >= 11 is 0. The molecule has 6 aromatic carbocycles. The second kappa shape index (κ2) is 12.9. The van der Waals surface area contributed by atoms with E-state index in [1.807, 2.05) is 72.8 Å². The Morgan fingerprint density at radius 3 is 0.553 bits per heavy atom. The number of rotatable bonds is 10. The van der Waals surface area contributed by atoms with Crippen LogP contribution in [0.3, 0.4) is 0 Å². The Balaban J connectivity index is 1.54. The lowest BCUT2D eigenvalue weighted by molar-refractivity contribution is 0.449. The predicted molar refractivity (Wildman–Crippen MR) is 182 cm³/mol. The Morgan fingerprint density at radius 2 is 0.404 bits per heavy atom. The van der Waals surface area contributed by atoms with Crippen LogP contribution in [0.25, 0.3) is 0 Å². The molecule has 6 heteroatoms. The van der Waals surface area contributed by atoms with Crippen LogP contribution in [0.5, 0.6) is 34.5 Å². The molecule has 6 aromatic rings. The maximum atomic E-state index is 10.2. The molecule has 0 fully saturated rings. The summed E-state index contributed by atoms with van der Waals surface area (Å²) in [5, 5.41) is 61.4. The van der Waals surface area contributed by atoms with E-state index in [9.17, 15) is 30.6 Å². The zero-order chi connectivity index (χ0) is 33.0. The SMILES string of the molecule is Oc1ccc(C(CCCC(c2ccc(O)cc2)(c2ccc(O)cc2)c2ccc(O)cc2)(c2ccc(O)cc2)c2ccc(O)cc2)cc1. The van der Waals surface area contributed by atoms with Gasteiger partial charge in [-0.05, 0) is 119 Å². The number of hydrogen-bond acceptors (Lipinski definition) is 6. The summed E-state index contributed by atoms with van der Waals surface area (Å²) in [7, 11) is 0. The van der Waals surface area contributed by atoms with Crippen molar-refractivity contribution in [2.75, 3.05) is 0 Å². The van der Waals surface area contributed by atoms with Crippen molar-refractivity contribution in [1.29, 1.82) is 0 Å². The fourth-order valence-corrected chi connectivity index (χ4v) is 6.96. The maximum absolute atomic E-state index is 10.2. The average molecular weight is 625 g/mol. The minimum Gasteiger partial charge on any atom is -0.508 e. The second-order valence-electron chi connectivity index (χ2n) is 11.9. The third kappa shape index (κ3) is 6.06. The lowest BCUT2D eigenvalue weighted by Gasteiger charge is -2.40. The molecule has 0 heterocycles. The fraction of sp³-hybridized carbons (Fsp3) is 0.122. The lowest BCUT2D eigenvalue weighted by Crippen LogP contribution is -2.33. The van der Waals surface area contributed by atoms with Gasteiger partial charge in [-0.2, -0.15) is 0 Å². The third-order valence-corrected chi connectivity index (χ3v) is 9.26. The predicted octanol–water partition coefficient (Wildman–Crippen LogP) is 8.46. The smallest absolute Gasteiger partial charge is 0.115 e. The van der Waals surface area contributed by atoms with E-state index in [1.54, 1.807) is 72.8 Å². The highest BCUT2D eigenvalue weighted by Crippen LogP contribution is 2.49. The summed E-state index contributed by atoms with van der Waals surface area (Å²) in [6, 6.07) is 42.8. The molecule has 0 aliphatic heterocycles. The highest BCUT2D eigenvalue weighted by molar-refractivity contribution is 5.55. The molecule has 6 nitrogen and oxygen atoms in total. The van der Waals surface area contributed by atoms with Crippen LogP contribution in [0, 0.1) is 0 Å². The van der Waals surface area contributed by atoms with Gasteiger partial charge in [0, 0.05) is 10.8 Å². The van der Waals surface area contributed by atoms with E-state index in [-0.39, 0.29) is 34.5 Å². The normalized spacial score (nSPS) is 11.7. The Labute approximate surface area is 273 Å². The van der Waals surface area contributed by atoms with E-state index >= 15 is 0 Å². The number of phenols is 6. The topological polar surface area (TPSA) is 121 Å². The van der Waals surface area contributed by atoms with Crippen LogP contribution < -0.4 is 0 Å². The standard InChI is InChI=1S/C41H36O6/c42-34-14-2-28(3-15-34)40(29-4-16-35(43)17-5-29,30-6-18-36(44)19-7-30)26-1-27-41(31-8-20-37(45)21-9-31,32-10-22-38(46)23-11-32)33-12-24-39(47)25-13-33/h2-25,42-47H,1,26-27H2. The molecule has 0 radical (unpaired) electrons. The van der Waals surface area contributed by atoms with Crippen molar-refractivity contribution in [1.82, 2.24) is 0 Å². The van der Waals surface area contributed by atoms with E-state index in [0.29, 0.717) is 19.3 Å². The summed E-state index contributed by atoms with van der Waals surface area (Å²) in [5.41, 5.74) is 4.06. The van der Waals surface area contributed by atoms with Crippen LogP contribution >= 0.6 is 0 Å². The van der Waals surface area contributed by atoms with Crippen LogP contribution in [0.4, 0.5) is 0 Å². The molecule has 0 saturated heterocycles. The highest BCUT2D eigenvalue weighted by Gasteiger charge is 2.40. The highest BCUT2D eigenvalue weighted by atomic mass is 16.3. The van der Waals surface area contributed by atoms with E-state index in [2.05, 4.69) is 0 Å². The molecule has 6 rings (SSSR count). The Bertz CT molecular complexity index is 1550. The zero-order valence-electron chi connectivity index (χ0n) is 25.7. The van der Waals surface area contributed by atoms with Gasteiger partial charge in [-0.25, -0.2) is 0 Å². The van der Waals surface area contributed by atoms with Gasteiger partial charge in [-0.3, -0.25) is 0 Å². The molecule has 0 amide bonds. The van der Waals surface area contributed by atoms with Gasteiger partial charge >= 0.3 is 0 Å². The molecule has 0 spiro atoms. The maximum Gasteiger partial charge on any atom is 0.115 e. The van der Waals surface area contributed by atoms with Crippen molar-refractivity contribution in [3.8, 4) is 34.5 Å². The minimum absolute atomic E-state index is 0.144. The first-order chi connectivity index (χ1) is 22.7. The fourth-order valence-electron chi connectivity index (χ4n) is 6.96. The van der Waals surface area contributed by atoms with E-state index in [1.165, 1.54) is 0 Å². The quantitative estimate of drug-likeness (QED) is 0.0851. The second-order valence-corrected chi connectivity index (χ2v) is 11.9. The van der Waals surface area contributed by atoms with Crippen LogP contribution in [-0.2, 0) is 10.8 Å². The monoisotopic (exact) mass is 624 g/mol. The summed E-state index contributed by atoms with van der Waals surface area (Å²) in [6.45, 7) is 0. The molecule has 0 unspecified atom stereocenters. The van der Waals surface area contributed by atoms with Crippen LogP contribution in [0.15, 0.2) is 146 Å². The Hall–Kier alpha value is -5.88. The van der Waals surface area contributed by atoms with Gasteiger partial charge in [0.1, 0.15) is 34.5 Å². The van der Waals surface area contributed by atoms with Crippen molar-refractivity contribution >= 4 is 0 Å². The molecule has 0 saturated carbocycles. The molecule has 6 N–H and O–H groups in total. The molecule has 0 atom stereocenters. The molecular formula is C41H36O6. The van der Waals surface area contributed by atoms with Crippen molar-refractivity contribution in [2.45, 2.75) is 30.1 Å². The van der Waals surface area contributed by atoms with E-state index in [0.717, 1.165) is 33.4 Å². The Kier molecular flexibility index (Phi) is 8.51. The first-order valence-electron chi connectivity index (χ1n) is 15.5. The van der Waals surface area contributed by atoms with E-state index < -0.39 is 10.8 Å². The van der Waals surface area contributed by atoms with Gasteiger partial charge in [0.05, 0.1) is 0 Å². The third-order valence-electron chi connectivity index (χ3n) is 9.26. The molecule has 0 aliphatic rings. The van der Waals surface area contributed by atoms with Gasteiger partial charge in [0.2, 0.25) is 0 Å². The van der Waals surface area contributed by atoms with Gasteiger partial charge in [-0.15, -0.1) is 0 Å². The Morgan fingerprint density at radius 1 is 0.255 bits per heavy atom. The number of benzene rings is 6. The minimum atomic E-state index is -0.750. The molecule has 47 heavy (non-hydrogen) atoms. The van der Waals surface area contributed by atoms with Gasteiger partial charge in [-0.1, -0.05) is 79.2 Å².